The van der Waals surface area contributed by atoms with E-state index in [9.17, 15) is 36.6 Å². The maximum Gasteiger partial charge on any atom is 0.424 e. The number of aromatic nitrogens is 1. The van der Waals surface area contributed by atoms with Crippen molar-refractivity contribution in [2.24, 2.45) is 10.7 Å². The number of hydrogen-bond acceptors (Lipinski definition) is 8. The van der Waals surface area contributed by atoms with Crippen LogP contribution in [0.25, 0.3) is 11.3 Å². The van der Waals surface area contributed by atoms with E-state index in [0.29, 0.717) is 11.6 Å². The summed E-state index contributed by atoms with van der Waals surface area (Å²) in [7, 11) is 1.30. The Morgan fingerprint density at radius 1 is 1.22 bits per heavy atom. The summed E-state index contributed by atoms with van der Waals surface area (Å²) >= 11 is 0. The first-order chi connectivity index (χ1) is 21.5. The molecule has 0 bridgehead atoms. The monoisotopic (exact) mass is 647 g/mol. The second kappa shape index (κ2) is 11.5. The molecule has 0 spiro atoms. The molecule has 46 heavy (non-hydrogen) atoms. The Balaban J connectivity index is 1.59. The number of amides is 2. The smallest absolute Gasteiger partial charge is 0.424 e. The molecule has 1 aromatic heterocycles. The molecule has 3 aromatic rings. The highest BCUT2D eigenvalue weighted by atomic mass is 19.4. The summed E-state index contributed by atoms with van der Waals surface area (Å²) in [6.45, 7) is 0.713. The minimum absolute atomic E-state index is 0.0773. The highest BCUT2D eigenvalue weighted by Gasteiger charge is 2.57. The quantitative estimate of drug-likeness (QED) is 0.156. The van der Waals surface area contributed by atoms with Crippen molar-refractivity contribution in [3.05, 3.63) is 69.9 Å². The predicted molar refractivity (Wildman–Crippen MR) is 157 cm³/mol. The van der Waals surface area contributed by atoms with Gasteiger partial charge >= 0.3 is 6.18 Å². The minimum atomic E-state index is -5.45. The van der Waals surface area contributed by atoms with Crippen LogP contribution in [0.1, 0.15) is 52.5 Å². The number of aliphatic hydroxyl groups is 1. The number of nitrogens with one attached hydrogen (secondary N) is 1. The summed E-state index contributed by atoms with van der Waals surface area (Å²) < 4.78 is 83.6. The van der Waals surface area contributed by atoms with Gasteiger partial charge in [-0.05, 0) is 62.6 Å². The first kappa shape index (κ1) is 32.6. The van der Waals surface area contributed by atoms with Crippen LogP contribution >= 0.6 is 0 Å². The lowest BCUT2D eigenvalue weighted by atomic mass is 9.81. The Bertz CT molecular complexity index is 1750. The van der Waals surface area contributed by atoms with Gasteiger partial charge in [-0.25, -0.2) is 13.8 Å². The number of anilines is 1. The van der Waals surface area contributed by atoms with Crippen LogP contribution in [0.15, 0.2) is 35.3 Å². The van der Waals surface area contributed by atoms with Crippen LogP contribution in [-0.4, -0.2) is 60.6 Å². The van der Waals surface area contributed by atoms with Gasteiger partial charge in [0.15, 0.2) is 11.6 Å². The lowest BCUT2D eigenvalue weighted by molar-refractivity contribution is -0.265. The van der Waals surface area contributed by atoms with E-state index in [1.807, 2.05) is 0 Å². The van der Waals surface area contributed by atoms with E-state index >= 15 is 0 Å². The third-order valence-electron chi connectivity index (χ3n) is 8.13. The number of primary amides is 1. The third-order valence-corrected chi connectivity index (χ3v) is 8.13. The molecule has 10 nitrogen and oxygen atoms in total. The summed E-state index contributed by atoms with van der Waals surface area (Å²) in [4.78, 5) is 34.0. The van der Waals surface area contributed by atoms with Crippen molar-refractivity contribution in [1.29, 1.82) is 0 Å². The summed E-state index contributed by atoms with van der Waals surface area (Å²) in [6.07, 6.45) is -2.22. The van der Waals surface area contributed by atoms with Gasteiger partial charge in [0, 0.05) is 28.5 Å². The zero-order chi connectivity index (χ0) is 33.8. The van der Waals surface area contributed by atoms with Crippen molar-refractivity contribution < 1.29 is 46.1 Å². The van der Waals surface area contributed by atoms with Gasteiger partial charge in [0.1, 0.15) is 29.2 Å². The number of nitrogens with two attached hydrogens (primary N) is 2. The number of nitrogens with zero attached hydrogens (tertiary/aromatic N) is 2. The van der Waals surface area contributed by atoms with E-state index in [0.717, 1.165) is 25.0 Å². The summed E-state index contributed by atoms with van der Waals surface area (Å²) in [5.74, 6) is -4.60. The van der Waals surface area contributed by atoms with Crippen LogP contribution in [-0.2, 0) is 15.8 Å². The largest absolute Gasteiger partial charge is 0.495 e. The van der Waals surface area contributed by atoms with E-state index in [1.165, 1.54) is 39.3 Å². The SMILES string of the molecule is COc1cc(C(=O)NCC(O)(c2cc3c(c(-c4cc(C)c(F)c(F)c4)n2)OC[C@]3(C)C(N)=O)C(F)(F)F)cc(C=NC2CC2)c1N. The molecule has 1 aliphatic carbocycles. The van der Waals surface area contributed by atoms with Crippen molar-refractivity contribution in [2.45, 2.75) is 49.9 Å². The number of pyridine rings is 1. The van der Waals surface area contributed by atoms with Gasteiger partial charge in [-0.2, -0.15) is 13.2 Å². The standard InChI is InChI=1S/C31H30F5N5O5/c1-14-6-15(8-20(32)23(14)33)25-26-19(29(2,13-46-26)28(38)43)10-22(41-25)30(44,31(34,35)36)12-40-27(42)16-7-17(11-39-18-4-5-18)24(37)21(9-16)45-3/h6-11,18,44H,4-5,12-13,37H2,1-3H3,(H2,38,43)(H,40,42)/t29-,30?/m0/s1. The van der Waals surface area contributed by atoms with E-state index < -0.39 is 65.2 Å². The highest BCUT2D eigenvalue weighted by Crippen LogP contribution is 2.48. The fourth-order valence-electron chi connectivity index (χ4n) is 4.97. The number of fused-ring (bicyclic) bond motifs is 1. The van der Waals surface area contributed by atoms with Gasteiger partial charge in [-0.3, -0.25) is 14.6 Å². The second-order valence-corrected chi connectivity index (χ2v) is 11.5. The molecule has 6 N–H and O–H groups in total. The summed E-state index contributed by atoms with van der Waals surface area (Å²) in [5.41, 5.74) is 4.47. The van der Waals surface area contributed by atoms with Gasteiger partial charge in [0.05, 0.1) is 31.1 Å². The number of hydrogen-bond donors (Lipinski definition) is 4. The molecule has 1 aliphatic heterocycles. The number of aliphatic imine (C=N–C) groups is 1. The van der Waals surface area contributed by atoms with Crippen molar-refractivity contribution >= 4 is 23.7 Å². The van der Waals surface area contributed by atoms with Crippen molar-refractivity contribution in [1.82, 2.24) is 10.3 Å². The Morgan fingerprint density at radius 2 is 1.91 bits per heavy atom. The molecule has 15 heteroatoms. The summed E-state index contributed by atoms with van der Waals surface area (Å²) in [6, 6.07) is 5.29. The number of benzene rings is 2. The Kier molecular flexibility index (Phi) is 8.17. The average Bonchev–Trinajstić information content (AvgIpc) is 3.77. The minimum Gasteiger partial charge on any atom is -0.495 e. The van der Waals surface area contributed by atoms with Crippen molar-refractivity contribution in [2.75, 3.05) is 26.0 Å². The number of nitrogen functional groups attached to an aromatic ring is 1. The van der Waals surface area contributed by atoms with Gasteiger partial charge < -0.3 is 31.4 Å². The predicted octanol–water partition coefficient (Wildman–Crippen LogP) is 3.82. The third kappa shape index (κ3) is 5.70. The van der Waals surface area contributed by atoms with E-state index in [2.05, 4.69) is 15.3 Å². The van der Waals surface area contributed by atoms with E-state index in [4.69, 9.17) is 20.9 Å². The maximum atomic E-state index is 14.8. The number of rotatable bonds is 9. The van der Waals surface area contributed by atoms with Crippen LogP contribution < -0.4 is 26.3 Å². The fourth-order valence-corrected chi connectivity index (χ4v) is 4.97. The Labute approximate surface area is 259 Å². The molecule has 2 aromatic carbocycles. The van der Waals surface area contributed by atoms with Crippen molar-refractivity contribution in [3.8, 4) is 22.8 Å². The number of ether oxygens (including phenoxy) is 2. The van der Waals surface area contributed by atoms with Crippen LogP contribution in [0.2, 0.25) is 0 Å². The number of halogens is 5. The zero-order valence-corrected chi connectivity index (χ0v) is 24.9. The van der Waals surface area contributed by atoms with Crippen LogP contribution in [0.5, 0.6) is 11.5 Å². The number of carbonyl (C=O) groups is 2. The topological polar surface area (TPSA) is 162 Å². The van der Waals surface area contributed by atoms with Gasteiger partial charge in [0.2, 0.25) is 11.5 Å². The molecule has 2 atom stereocenters. The molecule has 2 heterocycles. The molecule has 2 amide bonds. The Hall–Kier alpha value is -4.79. The Morgan fingerprint density at radius 3 is 2.50 bits per heavy atom. The van der Waals surface area contributed by atoms with Crippen LogP contribution in [0.3, 0.4) is 0 Å². The van der Waals surface area contributed by atoms with Gasteiger partial charge in [-0.15, -0.1) is 0 Å². The molecular formula is C31H30F5N5O5. The molecule has 1 saturated carbocycles. The maximum absolute atomic E-state index is 14.8. The van der Waals surface area contributed by atoms with E-state index in [1.54, 1.807) is 0 Å². The molecule has 1 fully saturated rings. The van der Waals surface area contributed by atoms with Gasteiger partial charge in [0.25, 0.3) is 5.91 Å². The zero-order valence-electron chi connectivity index (χ0n) is 24.9. The van der Waals surface area contributed by atoms with Crippen molar-refractivity contribution in [3.63, 3.8) is 0 Å². The molecule has 0 radical (unpaired) electrons. The average molecular weight is 648 g/mol. The summed E-state index contributed by atoms with van der Waals surface area (Å²) in [5, 5.41) is 13.4. The number of carbonyl (C=O) groups excluding carboxylic acids is 2. The van der Waals surface area contributed by atoms with Gasteiger partial charge in [-0.1, -0.05) is 0 Å². The second-order valence-electron chi connectivity index (χ2n) is 11.5. The number of aryl methyl sites for hydroxylation is 1. The first-order valence-electron chi connectivity index (χ1n) is 14.0. The normalized spacial score (nSPS) is 19.0. The molecule has 244 valence electrons. The molecule has 0 saturated heterocycles. The van der Waals surface area contributed by atoms with Crippen LogP contribution in [0, 0.1) is 18.6 Å². The van der Waals surface area contributed by atoms with E-state index in [-0.39, 0.29) is 45.5 Å². The molecular weight excluding hydrogens is 617 g/mol. The lowest BCUT2D eigenvalue weighted by Crippen LogP contribution is -2.51. The first-order valence-corrected chi connectivity index (χ1v) is 14.0. The molecule has 1 unspecified atom stereocenters. The number of methoxy groups -OCH3 is 1. The fraction of sp³-hybridized carbons (Fsp3) is 0.355. The highest BCUT2D eigenvalue weighted by molar-refractivity contribution is 5.99. The molecule has 2 aliphatic rings. The number of alkyl halides is 3. The lowest BCUT2D eigenvalue weighted by Gasteiger charge is -2.31. The molecule has 5 rings (SSSR count). The van der Waals surface area contributed by atoms with Crippen LogP contribution in [0.4, 0.5) is 27.6 Å².